The van der Waals surface area contributed by atoms with Crippen LogP contribution < -0.4 is 20.5 Å². The number of aromatic nitrogens is 1. The van der Waals surface area contributed by atoms with E-state index in [0.717, 1.165) is 5.69 Å². The molecule has 0 saturated carbocycles. The van der Waals surface area contributed by atoms with Crippen LogP contribution in [0.15, 0.2) is 48.7 Å². The normalized spacial score (nSPS) is 11.5. The molecular formula is C17H19N3O4. The van der Waals surface area contributed by atoms with Crippen LogP contribution in [0, 0.1) is 0 Å². The number of nitrogens with zero attached hydrogens (tertiary/aromatic N) is 1. The van der Waals surface area contributed by atoms with Gasteiger partial charge in [-0.05, 0) is 36.4 Å². The van der Waals surface area contributed by atoms with Gasteiger partial charge in [0, 0.05) is 11.9 Å². The van der Waals surface area contributed by atoms with Crippen molar-refractivity contribution in [2.24, 2.45) is 0 Å². The number of quaternary nitrogens is 1. The van der Waals surface area contributed by atoms with Gasteiger partial charge in [0.1, 0.15) is 18.3 Å². The molecule has 126 valence electrons. The number of pyridine rings is 1. The van der Waals surface area contributed by atoms with E-state index in [-0.39, 0.29) is 6.42 Å². The molecule has 1 amide bonds. The number of hydrogen-bond acceptors (Lipinski definition) is 5. The molecule has 0 aliphatic rings. The standard InChI is InChI=1S/C17H19N3O4/c1-24-14-7-5-12(6-8-14)20-16(21)10-15(17(22)23)19-11-13-4-2-3-9-18-13/h2-9,15,19H,10-11H2,1H3,(H,20,21)(H,22,23)/t15-/m1/s1. The van der Waals surface area contributed by atoms with Crippen molar-refractivity contribution in [2.45, 2.75) is 19.0 Å². The fourth-order valence-corrected chi connectivity index (χ4v) is 2.13. The SMILES string of the molecule is COc1ccc(NC(=O)C[C@@H]([NH2+]Cc2ccccn2)C(=O)[O-])cc1. The lowest BCUT2D eigenvalue weighted by Gasteiger charge is -2.16. The summed E-state index contributed by atoms with van der Waals surface area (Å²) in [6.07, 6.45) is 1.44. The average Bonchev–Trinajstić information content (AvgIpc) is 2.60. The number of aliphatic carboxylic acids is 1. The van der Waals surface area contributed by atoms with Gasteiger partial charge in [0.05, 0.1) is 25.2 Å². The Balaban J connectivity index is 1.89. The molecule has 7 nitrogen and oxygen atoms in total. The number of carbonyl (C=O) groups is 2. The Hall–Kier alpha value is -2.93. The van der Waals surface area contributed by atoms with Crippen LogP contribution in [0.5, 0.6) is 5.75 Å². The van der Waals surface area contributed by atoms with Crippen molar-refractivity contribution in [3.63, 3.8) is 0 Å². The summed E-state index contributed by atoms with van der Waals surface area (Å²) in [5.74, 6) is -1.01. The molecule has 0 bridgehead atoms. The summed E-state index contributed by atoms with van der Waals surface area (Å²) in [6.45, 7) is 0.356. The minimum absolute atomic E-state index is 0.193. The first kappa shape index (κ1) is 17.4. The fourth-order valence-electron chi connectivity index (χ4n) is 2.13. The third kappa shape index (κ3) is 5.36. The predicted octanol–water partition coefficient (Wildman–Crippen LogP) is -0.699. The number of hydrogen-bond donors (Lipinski definition) is 2. The van der Waals surface area contributed by atoms with Crippen molar-refractivity contribution in [2.75, 3.05) is 12.4 Å². The van der Waals surface area contributed by atoms with Gasteiger partial charge >= 0.3 is 0 Å². The number of carboxylic acid groups (broad SMARTS) is 1. The van der Waals surface area contributed by atoms with E-state index in [0.29, 0.717) is 18.0 Å². The lowest BCUT2D eigenvalue weighted by atomic mass is 10.2. The van der Waals surface area contributed by atoms with Crippen LogP contribution in [-0.4, -0.2) is 30.0 Å². The van der Waals surface area contributed by atoms with Crippen LogP contribution in [0.1, 0.15) is 12.1 Å². The number of nitrogens with two attached hydrogens (primary N) is 1. The number of anilines is 1. The lowest BCUT2D eigenvalue weighted by Crippen LogP contribution is -2.92. The van der Waals surface area contributed by atoms with E-state index in [9.17, 15) is 14.7 Å². The quantitative estimate of drug-likeness (QED) is 0.666. The maximum absolute atomic E-state index is 12.0. The molecule has 0 fully saturated rings. The van der Waals surface area contributed by atoms with E-state index in [1.165, 1.54) is 5.32 Å². The molecule has 1 aromatic heterocycles. The molecular weight excluding hydrogens is 310 g/mol. The molecule has 0 aliphatic heterocycles. The molecule has 7 heteroatoms. The minimum Gasteiger partial charge on any atom is -0.544 e. The summed E-state index contributed by atoms with van der Waals surface area (Å²) in [7, 11) is 1.55. The molecule has 0 spiro atoms. The minimum atomic E-state index is -1.28. The van der Waals surface area contributed by atoms with Crippen molar-refractivity contribution >= 4 is 17.6 Å². The Morgan fingerprint density at radius 3 is 2.58 bits per heavy atom. The summed E-state index contributed by atoms with van der Waals surface area (Å²) in [5, 5.41) is 15.4. The molecule has 0 unspecified atom stereocenters. The summed E-state index contributed by atoms with van der Waals surface area (Å²) < 4.78 is 5.03. The van der Waals surface area contributed by atoms with Gasteiger partial charge in [0.15, 0.2) is 0 Å². The van der Waals surface area contributed by atoms with Crippen LogP contribution in [0.3, 0.4) is 0 Å². The molecule has 1 heterocycles. The van der Waals surface area contributed by atoms with E-state index in [2.05, 4.69) is 10.3 Å². The van der Waals surface area contributed by atoms with E-state index in [4.69, 9.17) is 4.74 Å². The Morgan fingerprint density at radius 1 is 1.25 bits per heavy atom. The number of amides is 1. The lowest BCUT2D eigenvalue weighted by molar-refractivity contribution is -0.697. The van der Waals surface area contributed by atoms with E-state index in [1.54, 1.807) is 49.7 Å². The highest BCUT2D eigenvalue weighted by molar-refractivity contribution is 5.93. The van der Waals surface area contributed by atoms with Gasteiger partial charge < -0.3 is 25.3 Å². The van der Waals surface area contributed by atoms with Gasteiger partial charge in [-0.3, -0.25) is 9.78 Å². The Labute approximate surface area is 139 Å². The smallest absolute Gasteiger partial charge is 0.230 e. The number of ether oxygens (including phenoxy) is 1. The van der Waals surface area contributed by atoms with Crippen molar-refractivity contribution < 1.29 is 24.7 Å². The molecule has 1 atom stereocenters. The zero-order valence-corrected chi connectivity index (χ0v) is 13.3. The number of carbonyl (C=O) groups excluding carboxylic acids is 2. The monoisotopic (exact) mass is 329 g/mol. The van der Waals surface area contributed by atoms with Gasteiger partial charge in [-0.1, -0.05) is 6.07 Å². The van der Waals surface area contributed by atoms with Crippen LogP contribution >= 0.6 is 0 Å². The first-order valence-electron chi connectivity index (χ1n) is 7.46. The Morgan fingerprint density at radius 2 is 2.00 bits per heavy atom. The molecule has 2 aromatic rings. The molecule has 3 N–H and O–H groups in total. The van der Waals surface area contributed by atoms with Crippen LogP contribution in [0.2, 0.25) is 0 Å². The van der Waals surface area contributed by atoms with Gasteiger partial charge in [-0.15, -0.1) is 0 Å². The van der Waals surface area contributed by atoms with E-state index >= 15 is 0 Å². The van der Waals surface area contributed by atoms with Crippen molar-refractivity contribution in [1.82, 2.24) is 4.98 Å². The second kappa shape index (κ2) is 8.64. The third-order valence-electron chi connectivity index (χ3n) is 3.42. The van der Waals surface area contributed by atoms with Gasteiger partial charge in [-0.25, -0.2) is 0 Å². The first-order chi connectivity index (χ1) is 11.6. The summed E-state index contributed by atoms with van der Waals surface area (Å²) in [4.78, 5) is 27.4. The van der Waals surface area contributed by atoms with E-state index < -0.39 is 17.9 Å². The second-order valence-corrected chi connectivity index (χ2v) is 5.17. The van der Waals surface area contributed by atoms with Crippen LogP contribution in [0.4, 0.5) is 5.69 Å². The average molecular weight is 329 g/mol. The number of methoxy groups -OCH3 is 1. The molecule has 24 heavy (non-hydrogen) atoms. The predicted molar refractivity (Wildman–Crippen MR) is 84.9 cm³/mol. The Bertz CT molecular complexity index is 674. The highest BCUT2D eigenvalue weighted by Crippen LogP contribution is 2.15. The highest BCUT2D eigenvalue weighted by atomic mass is 16.5. The summed E-state index contributed by atoms with van der Waals surface area (Å²) >= 11 is 0. The molecule has 1 aromatic carbocycles. The molecule has 0 aliphatic carbocycles. The maximum atomic E-state index is 12.0. The summed E-state index contributed by atoms with van der Waals surface area (Å²) in [5.41, 5.74) is 1.31. The number of carboxylic acids is 1. The largest absolute Gasteiger partial charge is 0.544 e. The number of benzene rings is 1. The fraction of sp³-hybridized carbons (Fsp3) is 0.235. The first-order valence-corrected chi connectivity index (χ1v) is 7.46. The van der Waals surface area contributed by atoms with Crippen LogP contribution in [-0.2, 0) is 16.1 Å². The van der Waals surface area contributed by atoms with Crippen molar-refractivity contribution in [3.8, 4) is 5.75 Å². The zero-order valence-electron chi connectivity index (χ0n) is 13.3. The number of rotatable bonds is 8. The third-order valence-corrected chi connectivity index (χ3v) is 3.42. The number of nitrogens with one attached hydrogen (secondary N) is 1. The second-order valence-electron chi connectivity index (χ2n) is 5.17. The van der Waals surface area contributed by atoms with Crippen LogP contribution in [0.25, 0.3) is 0 Å². The highest BCUT2D eigenvalue weighted by Gasteiger charge is 2.18. The van der Waals surface area contributed by atoms with Gasteiger partial charge in [-0.2, -0.15) is 0 Å². The molecule has 0 radical (unpaired) electrons. The zero-order chi connectivity index (χ0) is 17.4. The van der Waals surface area contributed by atoms with E-state index in [1.807, 2.05) is 6.07 Å². The molecule has 2 rings (SSSR count). The van der Waals surface area contributed by atoms with Crippen molar-refractivity contribution in [3.05, 3.63) is 54.4 Å². The van der Waals surface area contributed by atoms with Crippen molar-refractivity contribution in [1.29, 1.82) is 0 Å². The Kier molecular flexibility index (Phi) is 6.27. The topological polar surface area (TPSA) is 108 Å². The maximum Gasteiger partial charge on any atom is 0.230 e. The van der Waals surface area contributed by atoms with Gasteiger partial charge in [0.25, 0.3) is 0 Å². The van der Waals surface area contributed by atoms with Gasteiger partial charge in [0.2, 0.25) is 5.91 Å². The summed E-state index contributed by atoms with van der Waals surface area (Å²) in [6, 6.07) is 11.2. The molecule has 0 saturated heterocycles.